The molecule has 46 heavy (non-hydrogen) atoms. The highest BCUT2D eigenvalue weighted by Gasteiger charge is 2.16. The van der Waals surface area contributed by atoms with E-state index in [1.807, 2.05) is 58.0 Å². The number of benzene rings is 2. The number of ether oxygens (including phenoxy) is 2. The van der Waals surface area contributed by atoms with E-state index in [1.165, 1.54) is 0 Å². The highest BCUT2D eigenvalue weighted by Crippen LogP contribution is 2.29. The van der Waals surface area contributed by atoms with Crippen LogP contribution < -0.4 is 9.47 Å². The zero-order valence-electron chi connectivity index (χ0n) is 27.6. The average Bonchev–Trinajstić information content (AvgIpc) is 3.05. The molecule has 0 spiro atoms. The summed E-state index contributed by atoms with van der Waals surface area (Å²) in [6.07, 6.45) is 4.41. The summed E-state index contributed by atoms with van der Waals surface area (Å²) in [4.78, 5) is 20.5. The lowest BCUT2D eigenvalue weighted by Crippen LogP contribution is -2.08. The number of carbonyl (C=O) groups excluding carboxylic acids is 1. The number of aryl methyl sites for hydroxylation is 4. The van der Waals surface area contributed by atoms with E-state index < -0.39 is 0 Å². The lowest BCUT2D eigenvalue weighted by molar-refractivity contribution is 0.112. The maximum Gasteiger partial charge on any atom is 0.152 e. The minimum absolute atomic E-state index is 0.0330. The maximum atomic E-state index is 11.4. The number of aldehydes is 1. The van der Waals surface area contributed by atoms with Gasteiger partial charge in [-0.2, -0.15) is 10.5 Å². The van der Waals surface area contributed by atoms with Crippen LogP contribution in [0, 0.1) is 50.4 Å². The van der Waals surface area contributed by atoms with Gasteiger partial charge < -0.3 is 14.6 Å². The second-order valence-corrected chi connectivity index (χ2v) is 11.1. The first kappa shape index (κ1) is 35.4. The number of aromatic nitrogens is 2. The van der Waals surface area contributed by atoms with E-state index in [2.05, 4.69) is 36.0 Å². The number of aliphatic hydroxyl groups is 1. The smallest absolute Gasteiger partial charge is 0.152 e. The fourth-order valence-electron chi connectivity index (χ4n) is 5.30. The number of nitrogens with zero attached hydrogens (tertiary/aromatic N) is 4. The normalized spacial score (nSPS) is 10.3. The molecule has 8 heteroatoms. The van der Waals surface area contributed by atoms with Crippen LogP contribution in [0.1, 0.15) is 98.8 Å². The summed E-state index contributed by atoms with van der Waals surface area (Å²) in [6, 6.07) is 18.9. The third-order valence-corrected chi connectivity index (χ3v) is 7.59. The van der Waals surface area contributed by atoms with Crippen molar-refractivity contribution < 1.29 is 19.4 Å². The van der Waals surface area contributed by atoms with Gasteiger partial charge in [0.25, 0.3) is 0 Å². The number of nitriles is 2. The van der Waals surface area contributed by atoms with E-state index >= 15 is 0 Å². The largest absolute Gasteiger partial charge is 0.487 e. The van der Waals surface area contributed by atoms with Crippen molar-refractivity contribution in [3.8, 4) is 23.6 Å². The molecule has 0 radical (unpaired) electrons. The monoisotopic (exact) mass is 618 g/mol. The summed E-state index contributed by atoms with van der Waals surface area (Å²) < 4.78 is 11.8. The molecule has 0 amide bonds. The van der Waals surface area contributed by atoms with Gasteiger partial charge in [-0.1, -0.05) is 51.0 Å². The first-order chi connectivity index (χ1) is 22.2. The van der Waals surface area contributed by atoms with Gasteiger partial charge in [0.1, 0.15) is 24.7 Å². The van der Waals surface area contributed by atoms with Crippen molar-refractivity contribution >= 4 is 6.29 Å². The van der Waals surface area contributed by atoms with E-state index in [4.69, 9.17) is 20.0 Å². The molecule has 2 heterocycles. The van der Waals surface area contributed by atoms with Gasteiger partial charge in [0.15, 0.2) is 6.29 Å². The number of carbonyl (C=O) groups is 1. The van der Waals surface area contributed by atoms with Crippen LogP contribution in [0.25, 0.3) is 0 Å². The van der Waals surface area contributed by atoms with Crippen LogP contribution in [0.4, 0.5) is 0 Å². The number of hydrogen-bond donors (Lipinski definition) is 1. The van der Waals surface area contributed by atoms with E-state index in [0.717, 1.165) is 88.3 Å². The van der Waals surface area contributed by atoms with Crippen molar-refractivity contribution in [3.05, 3.63) is 116 Å². The first-order valence-electron chi connectivity index (χ1n) is 15.5. The molecule has 0 fully saturated rings. The van der Waals surface area contributed by atoms with Crippen molar-refractivity contribution in [2.75, 3.05) is 0 Å². The van der Waals surface area contributed by atoms with Crippen molar-refractivity contribution in [1.29, 1.82) is 10.5 Å². The molecule has 0 aliphatic carbocycles. The maximum absolute atomic E-state index is 11.4. The van der Waals surface area contributed by atoms with Gasteiger partial charge >= 0.3 is 0 Å². The topological polar surface area (TPSA) is 129 Å². The predicted molar refractivity (Wildman–Crippen MR) is 178 cm³/mol. The lowest BCUT2D eigenvalue weighted by Gasteiger charge is -2.17. The van der Waals surface area contributed by atoms with Crippen molar-refractivity contribution in [2.45, 2.75) is 87.0 Å². The summed E-state index contributed by atoms with van der Waals surface area (Å²) in [7, 11) is 0. The van der Waals surface area contributed by atoms with E-state index in [-0.39, 0.29) is 6.61 Å². The van der Waals surface area contributed by atoms with Crippen LogP contribution in [-0.4, -0.2) is 21.4 Å². The predicted octanol–water partition coefficient (Wildman–Crippen LogP) is 7.51. The van der Waals surface area contributed by atoms with Gasteiger partial charge in [-0.05, 0) is 75.9 Å². The third-order valence-electron chi connectivity index (χ3n) is 7.59. The minimum atomic E-state index is -0.0330. The third kappa shape index (κ3) is 9.00. The quantitative estimate of drug-likeness (QED) is 0.162. The summed E-state index contributed by atoms with van der Waals surface area (Å²) in [5.74, 6) is 1.37. The molecular formula is C38H42N4O4. The Labute approximate surface area is 272 Å². The molecule has 8 nitrogen and oxygen atoms in total. The Balaban J connectivity index is 0.000000250. The second-order valence-electron chi connectivity index (χ2n) is 11.1. The van der Waals surface area contributed by atoms with Crippen LogP contribution in [0.2, 0.25) is 0 Å². The highest BCUT2D eigenvalue weighted by molar-refractivity contribution is 5.80. The summed E-state index contributed by atoms with van der Waals surface area (Å²) in [5, 5.41) is 27.6. The van der Waals surface area contributed by atoms with Crippen LogP contribution in [-0.2, 0) is 32.7 Å². The fourth-order valence-corrected chi connectivity index (χ4v) is 5.30. The van der Waals surface area contributed by atoms with Crippen molar-refractivity contribution in [2.24, 2.45) is 0 Å². The van der Waals surface area contributed by atoms with Crippen LogP contribution in [0.5, 0.6) is 11.5 Å². The zero-order chi connectivity index (χ0) is 33.6. The molecule has 238 valence electrons. The van der Waals surface area contributed by atoms with Crippen LogP contribution >= 0.6 is 0 Å². The molecule has 0 atom stereocenters. The molecule has 0 unspecified atom stereocenters. The van der Waals surface area contributed by atoms with E-state index in [9.17, 15) is 9.90 Å². The van der Waals surface area contributed by atoms with Gasteiger partial charge in [0, 0.05) is 27.9 Å². The Morgan fingerprint density at radius 2 is 1.24 bits per heavy atom. The summed E-state index contributed by atoms with van der Waals surface area (Å²) in [6.45, 7) is 12.5. The standard InChI is InChI=1S/C19H22N2O2.C19H20N2O2/c2*1-4-6-18-17(11-22)13(2)19(14(3)21-18)23-12-16-8-5-7-15(9-16)10-20/h5,7-9,22H,4,6,11-12H2,1-3H3;5,7-9,11H,4,6,12H2,1-3H3. The van der Waals surface area contributed by atoms with Crippen molar-refractivity contribution in [1.82, 2.24) is 9.97 Å². The molecular weight excluding hydrogens is 576 g/mol. The Kier molecular flexibility index (Phi) is 13.4. The minimum Gasteiger partial charge on any atom is -0.487 e. The Hall–Kier alpha value is -5.05. The number of pyridine rings is 2. The Bertz CT molecular complexity index is 1750. The molecule has 0 saturated heterocycles. The molecule has 0 saturated carbocycles. The van der Waals surface area contributed by atoms with Crippen LogP contribution in [0.3, 0.4) is 0 Å². The van der Waals surface area contributed by atoms with Gasteiger partial charge in [-0.15, -0.1) is 0 Å². The SMILES string of the molecule is CCCc1nc(C)c(OCc2cccc(C#N)c2)c(C)c1C=O.CCCc1nc(C)c(OCc2cccc(C#N)c2)c(C)c1CO. The van der Waals surface area contributed by atoms with Gasteiger partial charge in [0.2, 0.25) is 0 Å². The number of hydrogen-bond acceptors (Lipinski definition) is 8. The number of rotatable bonds is 12. The first-order valence-corrected chi connectivity index (χ1v) is 15.5. The lowest BCUT2D eigenvalue weighted by atomic mass is 10.0. The number of aliphatic hydroxyl groups excluding tert-OH is 1. The van der Waals surface area contributed by atoms with E-state index in [0.29, 0.717) is 35.7 Å². The molecule has 2 aromatic carbocycles. The molecule has 1 N–H and O–H groups in total. The molecule has 2 aromatic heterocycles. The molecule has 4 rings (SSSR count). The second kappa shape index (κ2) is 17.4. The van der Waals surface area contributed by atoms with Gasteiger partial charge in [-0.25, -0.2) is 0 Å². The fraction of sp³-hybridized carbons (Fsp3) is 0.342. The van der Waals surface area contributed by atoms with E-state index in [1.54, 1.807) is 18.2 Å². The molecule has 4 aromatic rings. The molecule has 0 aliphatic heterocycles. The Morgan fingerprint density at radius 3 is 1.70 bits per heavy atom. The van der Waals surface area contributed by atoms with Crippen LogP contribution in [0.15, 0.2) is 48.5 Å². The Morgan fingerprint density at radius 1 is 0.761 bits per heavy atom. The molecule has 0 aliphatic rings. The molecule has 0 bridgehead atoms. The average molecular weight is 619 g/mol. The highest BCUT2D eigenvalue weighted by atomic mass is 16.5. The zero-order valence-corrected chi connectivity index (χ0v) is 27.6. The van der Waals surface area contributed by atoms with Crippen molar-refractivity contribution in [3.63, 3.8) is 0 Å². The van der Waals surface area contributed by atoms with Gasteiger partial charge in [-0.3, -0.25) is 14.8 Å². The summed E-state index contributed by atoms with van der Waals surface area (Å²) >= 11 is 0. The van der Waals surface area contributed by atoms with Gasteiger partial charge in [0.05, 0.1) is 47.0 Å². The summed E-state index contributed by atoms with van der Waals surface area (Å²) in [5.41, 5.74) is 9.71.